The van der Waals surface area contributed by atoms with E-state index in [1.165, 1.54) is 4.90 Å². The van der Waals surface area contributed by atoms with Gasteiger partial charge in [-0.2, -0.15) is 5.26 Å². The molecule has 1 aliphatic heterocycles. The van der Waals surface area contributed by atoms with Gasteiger partial charge in [-0.3, -0.25) is 9.59 Å². The number of nitrogens with zero attached hydrogens (tertiary/aromatic N) is 5. The molecule has 0 radical (unpaired) electrons. The molecule has 4 rings (SSSR count). The minimum Gasteiger partial charge on any atom is -0.476 e. The molecule has 10 nitrogen and oxygen atoms in total. The van der Waals surface area contributed by atoms with E-state index in [0.717, 1.165) is 24.1 Å². The monoisotopic (exact) mass is 508 g/mol. The Hall–Kier alpha value is -3.45. The molecule has 2 amide bonds. The normalized spacial score (nSPS) is 21.2. The number of hydrogen-bond acceptors (Lipinski definition) is 7. The summed E-state index contributed by atoms with van der Waals surface area (Å²) in [5.41, 5.74) is 1.21. The van der Waals surface area contributed by atoms with Crippen LogP contribution in [0, 0.1) is 16.7 Å². The zero-order valence-corrected chi connectivity index (χ0v) is 21.9. The van der Waals surface area contributed by atoms with Crippen molar-refractivity contribution >= 4 is 11.8 Å². The summed E-state index contributed by atoms with van der Waals surface area (Å²) in [7, 11) is 0. The molecule has 1 saturated carbocycles. The Balaban J connectivity index is 1.46. The van der Waals surface area contributed by atoms with Crippen LogP contribution in [0.3, 0.4) is 0 Å². The Labute approximate surface area is 217 Å². The molecule has 4 atom stereocenters. The minimum absolute atomic E-state index is 0.0869. The van der Waals surface area contributed by atoms with Crippen LogP contribution < -0.4 is 10.1 Å². The van der Waals surface area contributed by atoms with Crippen molar-refractivity contribution in [1.82, 2.24) is 25.2 Å². The van der Waals surface area contributed by atoms with Gasteiger partial charge in [-0.1, -0.05) is 45.0 Å². The number of carbonyl (C=O) groups excluding carboxylic acids is 2. The zero-order chi connectivity index (χ0) is 26.7. The highest BCUT2D eigenvalue weighted by molar-refractivity contribution is 5.90. The van der Waals surface area contributed by atoms with Gasteiger partial charge in [0.2, 0.25) is 11.8 Å². The average Bonchev–Trinajstić information content (AvgIpc) is 3.47. The van der Waals surface area contributed by atoms with Gasteiger partial charge in [0.15, 0.2) is 6.10 Å². The summed E-state index contributed by atoms with van der Waals surface area (Å²) in [5, 5.41) is 31.0. The van der Waals surface area contributed by atoms with Gasteiger partial charge >= 0.3 is 0 Å². The third kappa shape index (κ3) is 6.28. The molecule has 2 fully saturated rings. The molecule has 0 bridgehead atoms. The van der Waals surface area contributed by atoms with Crippen molar-refractivity contribution in [2.75, 3.05) is 6.54 Å². The van der Waals surface area contributed by atoms with Crippen LogP contribution in [0.2, 0.25) is 0 Å². The summed E-state index contributed by atoms with van der Waals surface area (Å²) >= 11 is 0. The van der Waals surface area contributed by atoms with Crippen LogP contribution in [0.25, 0.3) is 0 Å². The Bertz CT molecular complexity index is 1160. The van der Waals surface area contributed by atoms with Crippen molar-refractivity contribution in [1.29, 1.82) is 5.26 Å². The van der Waals surface area contributed by atoms with Crippen LogP contribution in [-0.4, -0.2) is 61.6 Å². The smallest absolute Gasteiger partial charge is 0.248 e. The van der Waals surface area contributed by atoms with Crippen molar-refractivity contribution in [3.05, 3.63) is 41.7 Å². The highest BCUT2D eigenvalue weighted by Gasteiger charge is 2.45. The van der Waals surface area contributed by atoms with Crippen molar-refractivity contribution in [3.8, 4) is 11.8 Å². The van der Waals surface area contributed by atoms with Crippen LogP contribution in [0.1, 0.15) is 76.6 Å². The molecule has 0 spiro atoms. The first-order valence-corrected chi connectivity index (χ1v) is 12.9. The molecule has 1 unspecified atom stereocenters. The number of ether oxygens (including phenoxy) is 1. The van der Waals surface area contributed by atoms with Gasteiger partial charge in [0, 0.05) is 31.6 Å². The molecule has 1 saturated heterocycles. The number of β-amino-alcohol motifs (C(OH)–C–C–N with tert-alkyl or cyclic N) is 1. The average molecular weight is 509 g/mol. The number of benzene rings is 1. The maximum Gasteiger partial charge on any atom is 0.248 e. The van der Waals surface area contributed by atoms with Crippen molar-refractivity contribution in [3.63, 3.8) is 0 Å². The second kappa shape index (κ2) is 10.9. The predicted molar refractivity (Wildman–Crippen MR) is 135 cm³/mol. The number of nitriles is 1. The molecule has 2 N–H and O–H groups in total. The van der Waals surface area contributed by atoms with Gasteiger partial charge in [0.05, 0.1) is 11.8 Å². The number of rotatable bonds is 9. The molecular weight excluding hydrogens is 472 g/mol. The van der Waals surface area contributed by atoms with Crippen LogP contribution in [0.15, 0.2) is 30.5 Å². The third-order valence-corrected chi connectivity index (χ3v) is 6.87. The first-order valence-electron chi connectivity index (χ1n) is 12.9. The molecule has 1 aliphatic carbocycles. The lowest BCUT2D eigenvalue weighted by atomic mass is 9.85. The van der Waals surface area contributed by atoms with E-state index in [1.807, 2.05) is 40.0 Å². The van der Waals surface area contributed by atoms with Crippen LogP contribution in [-0.2, 0) is 16.1 Å². The summed E-state index contributed by atoms with van der Waals surface area (Å²) in [4.78, 5) is 28.5. The van der Waals surface area contributed by atoms with Crippen LogP contribution in [0.5, 0.6) is 5.75 Å². The van der Waals surface area contributed by atoms with Gasteiger partial charge in [-0.15, -0.1) is 5.10 Å². The number of likely N-dealkylation sites (tertiary alicyclic amines) is 1. The van der Waals surface area contributed by atoms with Crippen molar-refractivity contribution in [2.24, 2.45) is 5.41 Å². The molecular formula is C27H36N6O4. The topological polar surface area (TPSA) is 133 Å². The maximum absolute atomic E-state index is 13.8. The quantitative estimate of drug-likeness (QED) is 0.532. The summed E-state index contributed by atoms with van der Waals surface area (Å²) in [6.07, 6.45) is 3.43. The second-order valence-corrected chi connectivity index (χ2v) is 11.1. The van der Waals surface area contributed by atoms with E-state index >= 15 is 0 Å². The van der Waals surface area contributed by atoms with Crippen LogP contribution >= 0.6 is 0 Å². The standard InChI is InChI=1S/C27H36N6O4/c1-5-20(13-28)37-21-8-6-7-17(11-21)14-29-25(35)23-12-19(34)15-32(23)26(36)24(27(2,3)4)33-16-22(30-31-33)18-9-10-18/h6-8,11,16,18-20,23-24,34H,5,9-10,12,14-15H2,1-4H3,(H,29,35)/t19-,20?,23+,24-/m1/s1. The number of nitrogens with one attached hydrogen (secondary N) is 1. The van der Waals surface area contributed by atoms with Crippen LogP contribution in [0.4, 0.5) is 0 Å². The van der Waals surface area contributed by atoms with E-state index in [9.17, 15) is 14.7 Å². The van der Waals surface area contributed by atoms with Gasteiger partial charge < -0.3 is 20.1 Å². The summed E-state index contributed by atoms with van der Waals surface area (Å²) in [5.74, 6) is 0.381. The fraction of sp³-hybridized carbons (Fsp3) is 0.593. The molecule has 2 heterocycles. The zero-order valence-electron chi connectivity index (χ0n) is 21.9. The number of hydrogen-bond donors (Lipinski definition) is 2. The van der Waals surface area contributed by atoms with Crippen molar-refractivity contribution in [2.45, 2.75) is 90.1 Å². The van der Waals surface area contributed by atoms with E-state index < -0.39 is 29.7 Å². The fourth-order valence-corrected chi connectivity index (χ4v) is 4.73. The lowest BCUT2D eigenvalue weighted by molar-refractivity contribution is -0.144. The second-order valence-electron chi connectivity index (χ2n) is 11.1. The molecule has 10 heteroatoms. The Morgan fingerprint density at radius 3 is 2.73 bits per heavy atom. The molecule has 1 aromatic heterocycles. The van der Waals surface area contributed by atoms with Gasteiger partial charge in [-0.25, -0.2) is 4.68 Å². The first kappa shape index (κ1) is 26.6. The lowest BCUT2D eigenvalue weighted by Gasteiger charge is -2.34. The predicted octanol–water partition coefficient (Wildman–Crippen LogP) is 2.70. The third-order valence-electron chi connectivity index (χ3n) is 6.87. The molecule has 198 valence electrons. The summed E-state index contributed by atoms with van der Waals surface area (Å²) in [6.45, 7) is 8.06. The minimum atomic E-state index is -0.790. The number of aromatic nitrogens is 3. The van der Waals surface area contributed by atoms with E-state index in [4.69, 9.17) is 10.00 Å². The largest absolute Gasteiger partial charge is 0.476 e. The van der Waals surface area contributed by atoms with E-state index in [-0.39, 0.29) is 31.3 Å². The Morgan fingerprint density at radius 1 is 1.32 bits per heavy atom. The maximum atomic E-state index is 13.8. The summed E-state index contributed by atoms with van der Waals surface area (Å²) in [6, 6.07) is 7.86. The highest BCUT2D eigenvalue weighted by atomic mass is 16.5. The van der Waals surface area contributed by atoms with Crippen molar-refractivity contribution < 1.29 is 19.4 Å². The van der Waals surface area contributed by atoms with E-state index in [2.05, 4.69) is 21.7 Å². The molecule has 37 heavy (non-hydrogen) atoms. The number of aliphatic hydroxyl groups excluding tert-OH is 1. The first-order chi connectivity index (χ1) is 17.6. The molecule has 1 aromatic carbocycles. The number of amides is 2. The Kier molecular flexibility index (Phi) is 7.83. The number of carbonyl (C=O) groups is 2. The Morgan fingerprint density at radius 2 is 2.08 bits per heavy atom. The van der Waals surface area contributed by atoms with Gasteiger partial charge in [-0.05, 0) is 42.4 Å². The van der Waals surface area contributed by atoms with Gasteiger partial charge in [0.25, 0.3) is 0 Å². The van der Waals surface area contributed by atoms with E-state index in [0.29, 0.717) is 18.1 Å². The SMILES string of the molecule is CCC(C#N)Oc1cccc(CNC(=O)[C@@H]2C[C@@H](O)CN2C(=O)[C@@H](n2cc(C3CC3)nn2)C(C)(C)C)c1. The van der Waals surface area contributed by atoms with Gasteiger partial charge in [0.1, 0.15) is 23.9 Å². The molecule has 2 aliphatic rings. The summed E-state index contributed by atoms with van der Waals surface area (Å²) < 4.78 is 7.29. The highest BCUT2D eigenvalue weighted by Crippen LogP contribution is 2.40. The number of aliphatic hydroxyl groups is 1. The molecule has 2 aromatic rings. The fourth-order valence-electron chi connectivity index (χ4n) is 4.73. The lowest BCUT2D eigenvalue weighted by Crippen LogP contribution is -2.50. The van der Waals surface area contributed by atoms with E-state index in [1.54, 1.807) is 22.9 Å².